The summed E-state index contributed by atoms with van der Waals surface area (Å²) in [7, 11) is 0. The molecular formula is C15H12FN3O5S. The van der Waals surface area contributed by atoms with E-state index in [-0.39, 0.29) is 12.4 Å². The lowest BCUT2D eigenvalue weighted by Crippen LogP contribution is -2.36. The predicted molar refractivity (Wildman–Crippen MR) is 85.4 cm³/mol. The molecule has 2 heterocycles. The number of nitrogens with zero attached hydrogens (tertiary/aromatic N) is 1. The number of epoxide rings is 1. The molecule has 1 aromatic heterocycles. The van der Waals surface area contributed by atoms with E-state index in [1.54, 1.807) is 17.5 Å². The molecule has 0 bridgehead atoms. The van der Waals surface area contributed by atoms with Crippen LogP contribution in [0.1, 0.15) is 0 Å². The van der Waals surface area contributed by atoms with Gasteiger partial charge in [0, 0.05) is 10.9 Å². The van der Waals surface area contributed by atoms with Crippen molar-refractivity contribution in [3.8, 4) is 11.3 Å². The molecule has 0 radical (unpaired) electrons. The van der Waals surface area contributed by atoms with E-state index in [0.717, 1.165) is 0 Å². The van der Waals surface area contributed by atoms with E-state index in [2.05, 4.69) is 20.4 Å². The van der Waals surface area contributed by atoms with Gasteiger partial charge < -0.3 is 20.5 Å². The third-order valence-corrected chi connectivity index (χ3v) is 4.06. The summed E-state index contributed by atoms with van der Waals surface area (Å²) in [6.45, 7) is -0.337. The number of rotatable bonds is 6. The number of halogens is 1. The third-order valence-electron chi connectivity index (χ3n) is 3.31. The second kappa shape index (κ2) is 6.95. The highest BCUT2D eigenvalue weighted by molar-refractivity contribution is 7.14. The molecule has 3 rings (SSSR count). The maximum atomic E-state index is 12.9. The average Bonchev–Trinajstić information content (AvgIpc) is 3.27. The lowest BCUT2D eigenvalue weighted by molar-refractivity contribution is -0.138. The molecule has 130 valence electrons. The number of thiazole rings is 1. The minimum atomic E-state index is -1.22. The fourth-order valence-corrected chi connectivity index (χ4v) is 2.75. The summed E-state index contributed by atoms with van der Waals surface area (Å²) < 4.78 is 17.6. The van der Waals surface area contributed by atoms with Gasteiger partial charge in [-0.15, -0.1) is 11.3 Å². The first-order valence-corrected chi connectivity index (χ1v) is 7.99. The number of hydrogen-bond acceptors (Lipinski definition) is 6. The second-order valence-corrected chi connectivity index (χ2v) is 5.98. The van der Waals surface area contributed by atoms with Gasteiger partial charge in [-0.3, -0.25) is 9.59 Å². The Balaban J connectivity index is 1.49. The van der Waals surface area contributed by atoms with Crippen LogP contribution in [0.3, 0.4) is 0 Å². The number of carbonyl (C=O) groups excluding carboxylic acids is 2. The van der Waals surface area contributed by atoms with Gasteiger partial charge in [0.05, 0.1) is 12.2 Å². The normalized spacial score (nSPS) is 18.4. The Morgan fingerprint density at radius 2 is 1.96 bits per heavy atom. The highest BCUT2D eigenvalue weighted by atomic mass is 32.1. The molecule has 1 saturated heterocycles. The van der Waals surface area contributed by atoms with Crippen LogP contribution in [0.2, 0.25) is 0 Å². The fourth-order valence-electron chi connectivity index (χ4n) is 2.02. The number of aliphatic carboxylic acids is 1. The number of amides is 2. The first kappa shape index (κ1) is 17.0. The van der Waals surface area contributed by atoms with Crippen LogP contribution in [-0.2, 0) is 19.1 Å². The molecule has 0 saturated carbocycles. The second-order valence-electron chi connectivity index (χ2n) is 5.13. The van der Waals surface area contributed by atoms with Gasteiger partial charge in [-0.1, -0.05) is 0 Å². The molecule has 2 atom stereocenters. The summed E-state index contributed by atoms with van der Waals surface area (Å²) in [4.78, 5) is 38.2. The zero-order chi connectivity index (χ0) is 18.0. The standard InChI is InChI=1S/C15H12FN3O5S/c16-8-3-1-7(2-4-8)9-6-25-15(18-9)19-10(20)5-17-13(21)11-12(24-11)14(22)23/h1-4,6,11-12H,5H2,(H,17,21)(H,22,23)(H,18,19,20)/t11-,12-/m0/s1. The van der Waals surface area contributed by atoms with Gasteiger partial charge in [-0.25, -0.2) is 14.2 Å². The average molecular weight is 365 g/mol. The maximum absolute atomic E-state index is 12.9. The number of nitrogens with one attached hydrogen (secondary N) is 2. The first-order valence-electron chi connectivity index (χ1n) is 7.11. The van der Waals surface area contributed by atoms with E-state index in [4.69, 9.17) is 5.11 Å². The van der Waals surface area contributed by atoms with Crippen molar-refractivity contribution in [1.29, 1.82) is 0 Å². The van der Waals surface area contributed by atoms with E-state index in [9.17, 15) is 18.8 Å². The lowest BCUT2D eigenvalue weighted by atomic mass is 10.2. The molecular weight excluding hydrogens is 353 g/mol. The van der Waals surface area contributed by atoms with Crippen LogP contribution in [0.15, 0.2) is 29.6 Å². The highest BCUT2D eigenvalue weighted by Gasteiger charge is 2.50. The molecule has 25 heavy (non-hydrogen) atoms. The summed E-state index contributed by atoms with van der Waals surface area (Å²) in [6, 6.07) is 5.77. The Morgan fingerprint density at radius 3 is 2.60 bits per heavy atom. The Bertz CT molecular complexity index is 823. The van der Waals surface area contributed by atoms with Crippen LogP contribution in [-0.4, -0.2) is 46.6 Å². The predicted octanol–water partition coefficient (Wildman–Crippen LogP) is 0.856. The number of carbonyl (C=O) groups is 3. The number of hydrogen-bond donors (Lipinski definition) is 3. The number of benzene rings is 1. The molecule has 0 aliphatic carbocycles. The quantitative estimate of drug-likeness (QED) is 0.653. The first-order chi connectivity index (χ1) is 11.9. The Hall–Kier alpha value is -2.85. The van der Waals surface area contributed by atoms with Crippen LogP contribution >= 0.6 is 11.3 Å². The van der Waals surface area contributed by atoms with Crippen LogP contribution in [0.5, 0.6) is 0 Å². The minimum Gasteiger partial charge on any atom is -0.479 e. The monoisotopic (exact) mass is 365 g/mol. The highest BCUT2D eigenvalue weighted by Crippen LogP contribution is 2.25. The van der Waals surface area contributed by atoms with Crippen molar-refractivity contribution in [2.75, 3.05) is 11.9 Å². The topological polar surface area (TPSA) is 121 Å². The summed E-state index contributed by atoms with van der Waals surface area (Å²) in [5.74, 6) is -2.75. The molecule has 2 aromatic rings. The van der Waals surface area contributed by atoms with E-state index in [1.807, 2.05) is 0 Å². The van der Waals surface area contributed by atoms with Gasteiger partial charge in [0.15, 0.2) is 17.3 Å². The number of aromatic nitrogens is 1. The summed E-state index contributed by atoms with van der Waals surface area (Å²) in [6.07, 6.45) is -2.21. The SMILES string of the molecule is O=C(CNC(=O)[C@H]1O[C@@H]1C(=O)O)Nc1nc(-c2ccc(F)cc2)cs1. The van der Waals surface area contributed by atoms with Crippen LogP contribution in [0.25, 0.3) is 11.3 Å². The summed E-state index contributed by atoms with van der Waals surface area (Å²) >= 11 is 1.18. The maximum Gasteiger partial charge on any atom is 0.336 e. The van der Waals surface area contributed by atoms with Crippen LogP contribution < -0.4 is 10.6 Å². The van der Waals surface area contributed by atoms with E-state index in [1.165, 1.54) is 23.5 Å². The van der Waals surface area contributed by atoms with Crippen molar-refractivity contribution in [2.45, 2.75) is 12.2 Å². The van der Waals surface area contributed by atoms with Crippen molar-refractivity contribution >= 4 is 34.3 Å². The Kier molecular flexibility index (Phi) is 4.72. The molecule has 1 aliphatic heterocycles. The zero-order valence-corrected chi connectivity index (χ0v) is 13.4. The molecule has 2 amide bonds. The van der Waals surface area contributed by atoms with Crippen LogP contribution in [0.4, 0.5) is 9.52 Å². The van der Waals surface area contributed by atoms with Crippen molar-refractivity contribution in [1.82, 2.24) is 10.3 Å². The van der Waals surface area contributed by atoms with E-state index in [0.29, 0.717) is 16.4 Å². The van der Waals surface area contributed by atoms with Gasteiger partial charge in [0.1, 0.15) is 5.82 Å². The molecule has 0 spiro atoms. The number of ether oxygens (including phenoxy) is 1. The van der Waals surface area contributed by atoms with Gasteiger partial charge in [0.2, 0.25) is 5.91 Å². The summed E-state index contributed by atoms with van der Waals surface area (Å²) in [5, 5.41) is 15.5. The van der Waals surface area contributed by atoms with Crippen molar-refractivity contribution in [3.05, 3.63) is 35.5 Å². The molecule has 1 aliphatic rings. The number of carboxylic acids is 1. The Morgan fingerprint density at radius 1 is 1.24 bits per heavy atom. The van der Waals surface area contributed by atoms with E-state index < -0.39 is 30.0 Å². The van der Waals surface area contributed by atoms with Crippen LogP contribution in [0, 0.1) is 5.82 Å². The molecule has 0 unspecified atom stereocenters. The lowest BCUT2D eigenvalue weighted by Gasteiger charge is -2.03. The van der Waals surface area contributed by atoms with Gasteiger partial charge in [-0.2, -0.15) is 0 Å². The molecule has 3 N–H and O–H groups in total. The minimum absolute atomic E-state index is 0.324. The zero-order valence-electron chi connectivity index (χ0n) is 12.6. The van der Waals surface area contributed by atoms with Gasteiger partial charge in [-0.05, 0) is 24.3 Å². The molecule has 8 nitrogen and oxygen atoms in total. The van der Waals surface area contributed by atoms with Gasteiger partial charge in [0.25, 0.3) is 5.91 Å². The molecule has 10 heteroatoms. The molecule has 1 aromatic carbocycles. The molecule has 1 fully saturated rings. The smallest absolute Gasteiger partial charge is 0.336 e. The van der Waals surface area contributed by atoms with Crippen molar-refractivity contribution in [3.63, 3.8) is 0 Å². The van der Waals surface area contributed by atoms with Gasteiger partial charge >= 0.3 is 5.97 Å². The Labute approximate surface area is 144 Å². The summed E-state index contributed by atoms with van der Waals surface area (Å²) in [5.41, 5.74) is 1.29. The fraction of sp³-hybridized carbons (Fsp3) is 0.200. The largest absolute Gasteiger partial charge is 0.479 e. The van der Waals surface area contributed by atoms with Crippen molar-refractivity contribution < 1.29 is 28.6 Å². The number of carboxylic acid groups (broad SMARTS) is 1. The number of anilines is 1. The van der Waals surface area contributed by atoms with Crippen molar-refractivity contribution in [2.24, 2.45) is 0 Å². The van der Waals surface area contributed by atoms with E-state index >= 15 is 0 Å². The third kappa shape index (κ3) is 4.17.